The van der Waals surface area contributed by atoms with Crippen molar-refractivity contribution >= 4 is 27.3 Å². The van der Waals surface area contributed by atoms with Crippen molar-refractivity contribution in [3.8, 4) is 0 Å². The number of sulfone groups is 1. The van der Waals surface area contributed by atoms with Crippen molar-refractivity contribution in [1.82, 2.24) is 5.32 Å². The number of amides is 2. The van der Waals surface area contributed by atoms with Gasteiger partial charge in [-0.25, -0.2) is 8.42 Å². The molecular weight excluding hydrogens is 542 g/mol. The van der Waals surface area contributed by atoms with Crippen LogP contribution in [-0.2, 0) is 25.0 Å². The van der Waals surface area contributed by atoms with Crippen LogP contribution in [0.4, 0.5) is 32.0 Å². The summed E-state index contributed by atoms with van der Waals surface area (Å²) in [5, 5.41) is 14.3. The van der Waals surface area contributed by atoms with E-state index in [-0.39, 0.29) is 34.2 Å². The molecule has 38 heavy (non-hydrogen) atoms. The molecule has 7 nitrogen and oxygen atoms in total. The van der Waals surface area contributed by atoms with Crippen molar-refractivity contribution in [3.05, 3.63) is 59.7 Å². The Bertz CT molecular complexity index is 1230. The van der Waals surface area contributed by atoms with Crippen molar-refractivity contribution in [1.29, 1.82) is 0 Å². The van der Waals surface area contributed by atoms with Crippen molar-refractivity contribution in [3.63, 3.8) is 0 Å². The van der Waals surface area contributed by atoms with E-state index in [9.17, 15) is 49.5 Å². The number of halogens is 6. The quantitative estimate of drug-likeness (QED) is 0.382. The zero-order valence-corrected chi connectivity index (χ0v) is 21.3. The van der Waals surface area contributed by atoms with Crippen LogP contribution in [0.2, 0.25) is 0 Å². The van der Waals surface area contributed by atoms with Crippen LogP contribution in [0, 0.1) is 5.92 Å². The summed E-state index contributed by atoms with van der Waals surface area (Å²) in [5.74, 6) is -1.68. The smallest absolute Gasteiger partial charge is 0.369 e. The molecule has 0 spiro atoms. The fraction of sp³-hybridized carbons (Fsp3) is 0.417. The predicted molar refractivity (Wildman–Crippen MR) is 126 cm³/mol. The monoisotopic (exact) mass is 568 g/mol. The van der Waals surface area contributed by atoms with Gasteiger partial charge in [0.05, 0.1) is 10.6 Å². The first kappa shape index (κ1) is 31.1. The zero-order chi connectivity index (χ0) is 29.1. The molecule has 0 aliphatic heterocycles. The zero-order valence-electron chi connectivity index (χ0n) is 20.4. The molecule has 210 valence electrons. The predicted octanol–water partition coefficient (Wildman–Crippen LogP) is 4.63. The van der Waals surface area contributed by atoms with Gasteiger partial charge in [-0.15, -0.1) is 0 Å². The van der Waals surface area contributed by atoms with E-state index in [1.807, 2.05) is 0 Å². The van der Waals surface area contributed by atoms with E-state index < -0.39 is 51.2 Å². The fourth-order valence-electron chi connectivity index (χ4n) is 3.42. The molecule has 0 saturated carbocycles. The van der Waals surface area contributed by atoms with Crippen molar-refractivity contribution in [2.24, 2.45) is 5.92 Å². The van der Waals surface area contributed by atoms with Gasteiger partial charge in [-0.2, -0.15) is 26.3 Å². The van der Waals surface area contributed by atoms with Crippen LogP contribution in [0.5, 0.6) is 0 Å². The first-order valence-corrected chi connectivity index (χ1v) is 12.9. The number of alkyl halides is 6. The van der Waals surface area contributed by atoms with Gasteiger partial charge in [0.25, 0.3) is 11.5 Å². The second-order valence-corrected chi connectivity index (χ2v) is 11.1. The van der Waals surface area contributed by atoms with Crippen LogP contribution in [0.15, 0.2) is 53.4 Å². The molecule has 0 radical (unpaired) electrons. The highest BCUT2D eigenvalue weighted by atomic mass is 32.2. The lowest BCUT2D eigenvalue weighted by atomic mass is 9.92. The molecule has 2 aromatic carbocycles. The van der Waals surface area contributed by atoms with Crippen LogP contribution in [0.25, 0.3) is 0 Å². The van der Waals surface area contributed by atoms with Gasteiger partial charge in [0, 0.05) is 17.7 Å². The van der Waals surface area contributed by atoms with E-state index >= 15 is 0 Å². The van der Waals surface area contributed by atoms with E-state index in [2.05, 4.69) is 10.6 Å². The summed E-state index contributed by atoms with van der Waals surface area (Å²) in [6, 6.07) is 5.93. The SMILES string of the molecule is CCS(=O)(=O)c1ccc(C(NC(=O)CC(C)C)C(=O)Nc2ccc(C(O)(C(F)(F)F)C(F)(F)F)cc2)cc1. The molecule has 0 fully saturated rings. The number of hydrogen-bond acceptors (Lipinski definition) is 5. The van der Waals surface area contributed by atoms with Gasteiger partial charge < -0.3 is 15.7 Å². The Hall–Kier alpha value is -3.13. The van der Waals surface area contributed by atoms with Crippen LogP contribution in [0.3, 0.4) is 0 Å². The Morgan fingerprint density at radius 2 is 1.39 bits per heavy atom. The highest BCUT2D eigenvalue weighted by molar-refractivity contribution is 7.91. The fourth-order valence-corrected chi connectivity index (χ4v) is 4.31. The van der Waals surface area contributed by atoms with Crippen LogP contribution in [0.1, 0.15) is 44.4 Å². The van der Waals surface area contributed by atoms with Gasteiger partial charge in [0.15, 0.2) is 9.84 Å². The minimum Gasteiger partial charge on any atom is -0.369 e. The van der Waals surface area contributed by atoms with Gasteiger partial charge in [0.1, 0.15) is 6.04 Å². The Balaban J connectivity index is 2.38. The summed E-state index contributed by atoms with van der Waals surface area (Å²) in [7, 11) is -3.55. The normalized spacial score (nSPS) is 13.8. The van der Waals surface area contributed by atoms with Crippen molar-refractivity contribution in [2.45, 2.75) is 56.1 Å². The molecule has 3 N–H and O–H groups in total. The maximum Gasteiger partial charge on any atom is 0.430 e. The molecule has 0 bridgehead atoms. The summed E-state index contributed by atoms with van der Waals surface area (Å²) in [6.45, 7) is 4.95. The maximum absolute atomic E-state index is 13.1. The maximum atomic E-state index is 13.1. The molecule has 14 heteroatoms. The van der Waals surface area contributed by atoms with Crippen LogP contribution >= 0.6 is 0 Å². The average Bonchev–Trinajstić information content (AvgIpc) is 2.80. The van der Waals surface area contributed by atoms with Gasteiger partial charge in [-0.1, -0.05) is 45.0 Å². The molecule has 2 aromatic rings. The third-order valence-corrected chi connectivity index (χ3v) is 7.25. The van der Waals surface area contributed by atoms with Gasteiger partial charge >= 0.3 is 12.4 Å². The molecule has 1 unspecified atom stereocenters. The topological polar surface area (TPSA) is 113 Å². The largest absolute Gasteiger partial charge is 0.430 e. The number of anilines is 1. The highest BCUT2D eigenvalue weighted by Crippen LogP contribution is 2.50. The molecular formula is C24H26F6N2O5S. The standard InChI is InChI=1S/C24H26F6N2O5S/c1-4-38(36,37)18-11-5-15(6-12-18)20(32-19(33)13-14(2)3)21(34)31-17-9-7-16(8-10-17)22(35,23(25,26)27)24(28,29)30/h5-12,14,20,35H,4,13H2,1-3H3,(H,31,34)(H,32,33). The summed E-state index contributed by atoms with van der Waals surface area (Å²) >= 11 is 0. The Labute approximate surface area is 215 Å². The second-order valence-electron chi connectivity index (χ2n) is 8.84. The first-order chi connectivity index (χ1) is 17.3. The molecule has 0 aliphatic rings. The molecule has 2 amide bonds. The Morgan fingerprint density at radius 1 is 0.895 bits per heavy atom. The van der Waals surface area contributed by atoms with Gasteiger partial charge in [-0.05, 0) is 35.7 Å². The van der Waals surface area contributed by atoms with E-state index in [1.165, 1.54) is 31.2 Å². The number of rotatable bonds is 9. The van der Waals surface area contributed by atoms with Crippen LogP contribution in [-0.4, -0.2) is 43.4 Å². The van der Waals surface area contributed by atoms with Gasteiger partial charge in [-0.3, -0.25) is 9.59 Å². The minimum absolute atomic E-state index is 0.0196. The number of carbonyl (C=O) groups excluding carboxylic acids is 2. The Kier molecular flexibility index (Phi) is 9.26. The van der Waals surface area contributed by atoms with E-state index in [4.69, 9.17) is 0 Å². The average molecular weight is 569 g/mol. The lowest BCUT2D eigenvalue weighted by Gasteiger charge is -2.32. The van der Waals surface area contributed by atoms with Crippen LogP contribution < -0.4 is 10.6 Å². The highest BCUT2D eigenvalue weighted by Gasteiger charge is 2.71. The lowest BCUT2D eigenvalue weighted by Crippen LogP contribution is -2.53. The van der Waals surface area contributed by atoms with Crippen molar-refractivity contribution in [2.75, 3.05) is 11.1 Å². The summed E-state index contributed by atoms with van der Waals surface area (Å²) in [6.07, 6.45) is -12.1. The number of hydrogen-bond donors (Lipinski definition) is 3. The molecule has 0 heterocycles. The molecule has 0 saturated heterocycles. The minimum atomic E-state index is -6.07. The number of carbonyl (C=O) groups is 2. The molecule has 2 rings (SSSR count). The van der Waals surface area contributed by atoms with E-state index in [0.29, 0.717) is 12.1 Å². The summed E-state index contributed by atoms with van der Waals surface area (Å²) in [5.41, 5.74) is -6.69. The molecule has 1 atom stereocenters. The third-order valence-electron chi connectivity index (χ3n) is 5.50. The lowest BCUT2D eigenvalue weighted by molar-refractivity contribution is -0.376. The summed E-state index contributed by atoms with van der Waals surface area (Å²) < 4.78 is 103. The Morgan fingerprint density at radius 3 is 1.82 bits per heavy atom. The second kappa shape index (κ2) is 11.3. The number of nitrogens with one attached hydrogen (secondary N) is 2. The molecule has 0 aromatic heterocycles. The van der Waals surface area contributed by atoms with E-state index in [0.717, 1.165) is 12.1 Å². The van der Waals surface area contributed by atoms with E-state index in [1.54, 1.807) is 13.8 Å². The first-order valence-electron chi connectivity index (χ1n) is 11.2. The molecule has 0 aliphatic carbocycles. The summed E-state index contributed by atoms with van der Waals surface area (Å²) in [4.78, 5) is 25.4. The van der Waals surface area contributed by atoms with Gasteiger partial charge in [0.2, 0.25) is 5.91 Å². The number of aliphatic hydroxyl groups is 1. The van der Waals surface area contributed by atoms with Crippen molar-refractivity contribution < 1.29 is 49.5 Å². The number of benzene rings is 2. The third kappa shape index (κ3) is 6.84.